The molecule has 0 radical (unpaired) electrons. The zero-order valence-electron chi connectivity index (χ0n) is 11.5. The van der Waals surface area contributed by atoms with Gasteiger partial charge in [-0.1, -0.05) is 18.2 Å². The number of halogens is 1. The Morgan fingerprint density at radius 3 is 2.70 bits per heavy atom. The first-order valence-electron chi connectivity index (χ1n) is 6.72. The molecule has 20 heavy (non-hydrogen) atoms. The second-order valence-electron chi connectivity index (χ2n) is 5.00. The smallest absolute Gasteiger partial charge is 0.255 e. The van der Waals surface area contributed by atoms with E-state index in [9.17, 15) is 4.79 Å². The Balaban J connectivity index is 0.00000147. The summed E-state index contributed by atoms with van der Waals surface area (Å²) < 4.78 is 1.19. The summed E-state index contributed by atoms with van der Waals surface area (Å²) in [5, 5.41) is 6.38. The summed E-state index contributed by atoms with van der Waals surface area (Å²) in [5.74, 6) is 0.187. The lowest BCUT2D eigenvalue weighted by Crippen LogP contribution is -2.43. The number of amides is 1. The van der Waals surface area contributed by atoms with Gasteiger partial charge in [-0.2, -0.15) is 0 Å². The lowest BCUT2D eigenvalue weighted by atomic mass is 10.0. The molecule has 1 aromatic heterocycles. The van der Waals surface area contributed by atoms with Gasteiger partial charge in [0.15, 0.2) is 0 Å². The summed E-state index contributed by atoms with van der Waals surface area (Å²) >= 11 is 1.65. The highest BCUT2D eigenvalue weighted by Gasteiger charge is 2.24. The third kappa shape index (κ3) is 2.82. The summed E-state index contributed by atoms with van der Waals surface area (Å²) in [6.45, 7) is 1.71. The topological polar surface area (TPSA) is 32.3 Å². The molecule has 2 heterocycles. The van der Waals surface area contributed by atoms with Crippen molar-refractivity contribution in [2.75, 3.05) is 20.1 Å². The van der Waals surface area contributed by atoms with Gasteiger partial charge in [-0.25, -0.2) is 0 Å². The Labute approximate surface area is 129 Å². The van der Waals surface area contributed by atoms with Crippen LogP contribution in [0.2, 0.25) is 0 Å². The van der Waals surface area contributed by atoms with Crippen LogP contribution >= 0.6 is 23.7 Å². The second-order valence-corrected chi connectivity index (χ2v) is 5.91. The summed E-state index contributed by atoms with van der Waals surface area (Å²) in [4.78, 5) is 14.6. The number of nitrogens with zero attached hydrogens (tertiary/aromatic N) is 1. The van der Waals surface area contributed by atoms with Gasteiger partial charge >= 0.3 is 0 Å². The van der Waals surface area contributed by atoms with Crippen LogP contribution in [0.4, 0.5) is 0 Å². The van der Waals surface area contributed by atoms with Crippen molar-refractivity contribution in [1.29, 1.82) is 0 Å². The van der Waals surface area contributed by atoms with E-state index in [4.69, 9.17) is 0 Å². The van der Waals surface area contributed by atoms with Crippen LogP contribution in [0.5, 0.6) is 0 Å². The van der Waals surface area contributed by atoms with Gasteiger partial charge < -0.3 is 10.2 Å². The zero-order valence-corrected chi connectivity index (χ0v) is 13.1. The number of carbonyl (C=O) groups excluding carboxylic acids is 1. The molecule has 0 spiro atoms. The molecule has 1 amide bonds. The molecule has 0 aliphatic carbocycles. The highest BCUT2D eigenvalue weighted by atomic mass is 35.5. The van der Waals surface area contributed by atoms with Crippen LogP contribution < -0.4 is 5.32 Å². The number of fused-ring (bicyclic) bond motifs is 1. The Morgan fingerprint density at radius 1 is 1.30 bits per heavy atom. The van der Waals surface area contributed by atoms with Gasteiger partial charge in [0.1, 0.15) is 0 Å². The lowest BCUT2D eigenvalue weighted by molar-refractivity contribution is 0.0710. The van der Waals surface area contributed by atoms with E-state index in [2.05, 4.69) is 11.4 Å². The van der Waals surface area contributed by atoms with Crippen molar-refractivity contribution in [2.24, 2.45) is 0 Å². The highest BCUT2D eigenvalue weighted by Crippen LogP contribution is 2.27. The molecule has 5 heteroatoms. The van der Waals surface area contributed by atoms with Crippen molar-refractivity contribution in [1.82, 2.24) is 10.2 Å². The molecule has 1 saturated heterocycles. The molecular formula is C15H19ClN2OS. The Morgan fingerprint density at radius 2 is 2.00 bits per heavy atom. The summed E-state index contributed by atoms with van der Waals surface area (Å²) in [6.07, 6.45) is 2.09. The number of piperidine rings is 1. The molecule has 1 N–H and O–H groups in total. The lowest BCUT2D eigenvalue weighted by Gasteiger charge is -2.31. The zero-order chi connectivity index (χ0) is 13.2. The van der Waals surface area contributed by atoms with E-state index < -0.39 is 0 Å². The predicted molar refractivity (Wildman–Crippen MR) is 87.1 cm³/mol. The quantitative estimate of drug-likeness (QED) is 0.924. The molecule has 108 valence electrons. The van der Waals surface area contributed by atoms with Gasteiger partial charge in [0.2, 0.25) is 0 Å². The summed E-state index contributed by atoms with van der Waals surface area (Å²) in [5.41, 5.74) is 0.864. The number of hydrogen-bond donors (Lipinski definition) is 1. The maximum absolute atomic E-state index is 12.6. The van der Waals surface area contributed by atoms with Crippen molar-refractivity contribution >= 4 is 39.7 Å². The summed E-state index contributed by atoms with van der Waals surface area (Å²) in [7, 11) is 1.99. The minimum atomic E-state index is 0. The average molecular weight is 311 g/mol. The largest absolute Gasteiger partial charge is 0.338 e. The fraction of sp³-hybridized carbons (Fsp3) is 0.400. The summed E-state index contributed by atoms with van der Waals surface area (Å²) in [6, 6.07) is 8.69. The monoisotopic (exact) mass is 310 g/mol. The maximum atomic E-state index is 12.6. The predicted octanol–water partition coefficient (Wildman–Crippen LogP) is 3.15. The minimum Gasteiger partial charge on any atom is -0.338 e. The van der Waals surface area contributed by atoms with E-state index >= 15 is 0 Å². The number of nitrogens with one attached hydrogen (secondary N) is 1. The average Bonchev–Trinajstić information content (AvgIpc) is 2.90. The second kappa shape index (κ2) is 6.57. The van der Waals surface area contributed by atoms with Crippen molar-refractivity contribution < 1.29 is 4.79 Å². The van der Waals surface area contributed by atoms with Crippen molar-refractivity contribution in [3.8, 4) is 0 Å². The normalized spacial score (nSPS) is 16.1. The molecule has 1 aromatic carbocycles. The van der Waals surface area contributed by atoms with Crippen LogP contribution in [0.1, 0.15) is 23.2 Å². The number of likely N-dealkylation sites (tertiary alicyclic amines) is 1. The van der Waals surface area contributed by atoms with Crippen LogP contribution in [0.3, 0.4) is 0 Å². The molecule has 3 rings (SSSR count). The number of hydrogen-bond acceptors (Lipinski definition) is 3. The van der Waals surface area contributed by atoms with Crippen molar-refractivity contribution in [3.63, 3.8) is 0 Å². The van der Waals surface area contributed by atoms with E-state index in [0.717, 1.165) is 36.9 Å². The van der Waals surface area contributed by atoms with Gasteiger partial charge in [0.05, 0.1) is 5.56 Å². The van der Waals surface area contributed by atoms with Gasteiger partial charge in [0, 0.05) is 34.6 Å². The molecule has 0 saturated carbocycles. The number of thiophene rings is 1. The van der Waals surface area contributed by atoms with E-state index in [1.165, 1.54) is 4.70 Å². The van der Waals surface area contributed by atoms with E-state index in [1.54, 1.807) is 11.3 Å². The van der Waals surface area contributed by atoms with Crippen molar-refractivity contribution in [3.05, 3.63) is 35.2 Å². The minimum absolute atomic E-state index is 0. The van der Waals surface area contributed by atoms with Crippen LogP contribution in [0.25, 0.3) is 10.1 Å². The molecule has 3 nitrogen and oxygen atoms in total. The van der Waals surface area contributed by atoms with Gasteiger partial charge in [-0.15, -0.1) is 23.7 Å². The van der Waals surface area contributed by atoms with Crippen LogP contribution in [-0.4, -0.2) is 37.0 Å². The first kappa shape index (κ1) is 15.3. The molecule has 1 aliphatic rings. The van der Waals surface area contributed by atoms with Crippen molar-refractivity contribution in [2.45, 2.75) is 18.9 Å². The molecule has 1 aliphatic heterocycles. The van der Waals surface area contributed by atoms with E-state index in [0.29, 0.717) is 6.04 Å². The molecular weight excluding hydrogens is 292 g/mol. The molecule has 0 atom stereocenters. The molecule has 1 fully saturated rings. The Kier molecular flexibility index (Phi) is 5.02. The first-order chi connectivity index (χ1) is 9.29. The van der Waals surface area contributed by atoms with Crippen LogP contribution in [-0.2, 0) is 0 Å². The fourth-order valence-corrected chi connectivity index (χ4v) is 3.62. The van der Waals surface area contributed by atoms with Gasteiger partial charge in [-0.05, 0) is 26.0 Å². The number of benzene rings is 1. The van der Waals surface area contributed by atoms with Crippen LogP contribution in [0, 0.1) is 0 Å². The number of carbonyl (C=O) groups is 1. The van der Waals surface area contributed by atoms with Gasteiger partial charge in [0.25, 0.3) is 5.91 Å². The number of rotatable bonds is 2. The Hall–Kier alpha value is -1.10. The van der Waals surface area contributed by atoms with Gasteiger partial charge in [-0.3, -0.25) is 4.79 Å². The molecule has 0 bridgehead atoms. The standard InChI is InChI=1S/C15H18N2OS.ClH/c1-16-11-6-8-17(9-7-11)15(18)13-10-19-14-5-3-2-4-12(13)14;/h2-5,10-11,16H,6-9H2,1H3;1H. The Bertz CT molecular complexity index is 590. The first-order valence-corrected chi connectivity index (χ1v) is 7.60. The maximum Gasteiger partial charge on any atom is 0.255 e. The molecule has 0 unspecified atom stereocenters. The van der Waals surface area contributed by atoms with E-state index in [1.807, 2.05) is 35.5 Å². The SMILES string of the molecule is CNC1CCN(C(=O)c2csc3ccccc23)CC1.Cl. The fourth-order valence-electron chi connectivity index (χ4n) is 2.69. The third-order valence-corrected chi connectivity index (χ3v) is 4.87. The molecule has 2 aromatic rings. The van der Waals surface area contributed by atoms with Crippen LogP contribution in [0.15, 0.2) is 29.6 Å². The van der Waals surface area contributed by atoms with E-state index in [-0.39, 0.29) is 18.3 Å². The highest BCUT2D eigenvalue weighted by molar-refractivity contribution is 7.17. The third-order valence-electron chi connectivity index (χ3n) is 3.90.